The lowest BCUT2D eigenvalue weighted by atomic mass is 10.0. The number of ether oxygens (including phenoxy) is 3. The molecule has 0 amide bonds. The number of anilines is 1. The summed E-state index contributed by atoms with van der Waals surface area (Å²) in [4.78, 5) is 7.11. The zero-order valence-electron chi connectivity index (χ0n) is 15.3. The van der Waals surface area contributed by atoms with Gasteiger partial charge >= 0.3 is 0 Å². The minimum atomic E-state index is -0.0438. The third-order valence-corrected chi connectivity index (χ3v) is 4.87. The first-order chi connectivity index (χ1) is 12.8. The van der Waals surface area contributed by atoms with Crippen LogP contribution in [0.2, 0.25) is 0 Å². The smallest absolute Gasteiger partial charge is 0.203 e. The molecule has 1 atom stereocenters. The van der Waals surface area contributed by atoms with Crippen LogP contribution in [-0.4, -0.2) is 45.2 Å². The first kappa shape index (κ1) is 16.6. The van der Waals surface area contributed by atoms with Crippen LogP contribution in [0.1, 0.15) is 23.7 Å². The molecular formula is C20H23N3O3. The van der Waals surface area contributed by atoms with Crippen LogP contribution < -0.4 is 19.5 Å². The van der Waals surface area contributed by atoms with Crippen LogP contribution in [-0.2, 0) is 0 Å². The van der Waals surface area contributed by atoms with Gasteiger partial charge in [-0.15, -0.1) is 0 Å². The van der Waals surface area contributed by atoms with E-state index in [1.54, 1.807) is 21.3 Å². The van der Waals surface area contributed by atoms with Gasteiger partial charge in [0.25, 0.3) is 0 Å². The van der Waals surface area contributed by atoms with Gasteiger partial charge in [0.1, 0.15) is 12.0 Å². The van der Waals surface area contributed by atoms with Crippen molar-refractivity contribution in [1.82, 2.24) is 4.90 Å². The molecule has 0 saturated heterocycles. The number of benzene rings is 2. The Morgan fingerprint density at radius 1 is 1.04 bits per heavy atom. The van der Waals surface area contributed by atoms with E-state index in [1.807, 2.05) is 18.2 Å². The molecule has 0 aromatic heterocycles. The van der Waals surface area contributed by atoms with E-state index in [0.717, 1.165) is 42.2 Å². The molecule has 0 unspecified atom stereocenters. The summed E-state index contributed by atoms with van der Waals surface area (Å²) in [5.41, 5.74) is 3.28. The van der Waals surface area contributed by atoms with Crippen LogP contribution in [0.4, 0.5) is 5.69 Å². The number of hydrogen-bond acceptors (Lipinski definition) is 6. The molecule has 1 N–H and O–H groups in total. The van der Waals surface area contributed by atoms with Gasteiger partial charge in [-0.1, -0.05) is 12.1 Å². The normalized spacial score (nSPS) is 18.2. The average Bonchev–Trinajstić information content (AvgIpc) is 2.72. The fraction of sp³-hybridized carbons (Fsp3) is 0.350. The van der Waals surface area contributed by atoms with Crippen LogP contribution in [0.15, 0.2) is 41.4 Å². The predicted octanol–water partition coefficient (Wildman–Crippen LogP) is 3.29. The number of aliphatic imine (C=N–C) groups is 1. The summed E-state index contributed by atoms with van der Waals surface area (Å²) < 4.78 is 16.5. The van der Waals surface area contributed by atoms with Gasteiger partial charge in [-0.05, 0) is 30.7 Å². The summed E-state index contributed by atoms with van der Waals surface area (Å²) in [6, 6.07) is 12.3. The van der Waals surface area contributed by atoms with Gasteiger partial charge in [-0.3, -0.25) is 4.99 Å². The average molecular weight is 353 g/mol. The van der Waals surface area contributed by atoms with E-state index >= 15 is 0 Å². The van der Waals surface area contributed by atoms with Crippen molar-refractivity contribution in [3.63, 3.8) is 0 Å². The van der Waals surface area contributed by atoms with E-state index in [2.05, 4.69) is 28.4 Å². The first-order valence-corrected chi connectivity index (χ1v) is 8.73. The summed E-state index contributed by atoms with van der Waals surface area (Å²) in [5, 5.41) is 3.65. The Hall–Kier alpha value is -2.89. The lowest BCUT2D eigenvalue weighted by molar-refractivity contribution is 0.309. The second-order valence-corrected chi connectivity index (χ2v) is 6.30. The number of rotatable bonds is 4. The zero-order chi connectivity index (χ0) is 18.1. The lowest BCUT2D eigenvalue weighted by Crippen LogP contribution is -2.46. The molecule has 2 heterocycles. The van der Waals surface area contributed by atoms with Crippen molar-refractivity contribution in [2.45, 2.75) is 12.6 Å². The van der Waals surface area contributed by atoms with Gasteiger partial charge in [0.05, 0.1) is 21.3 Å². The van der Waals surface area contributed by atoms with Crippen LogP contribution in [0.5, 0.6) is 17.2 Å². The quantitative estimate of drug-likeness (QED) is 0.914. The summed E-state index contributed by atoms with van der Waals surface area (Å²) in [5.74, 6) is 2.95. The van der Waals surface area contributed by atoms with E-state index < -0.39 is 0 Å². The Balaban J connectivity index is 1.83. The highest BCUT2D eigenvalue weighted by atomic mass is 16.5. The van der Waals surface area contributed by atoms with Gasteiger partial charge in [0, 0.05) is 29.9 Å². The highest BCUT2D eigenvalue weighted by Gasteiger charge is 2.33. The van der Waals surface area contributed by atoms with Crippen LogP contribution in [0.3, 0.4) is 0 Å². The molecule has 6 heteroatoms. The molecule has 26 heavy (non-hydrogen) atoms. The highest BCUT2D eigenvalue weighted by Crippen LogP contribution is 2.42. The summed E-state index contributed by atoms with van der Waals surface area (Å²) in [7, 11) is 4.89. The minimum Gasteiger partial charge on any atom is -0.493 e. The minimum absolute atomic E-state index is 0.0438. The topological polar surface area (TPSA) is 55.3 Å². The molecular weight excluding hydrogens is 330 g/mol. The fourth-order valence-corrected chi connectivity index (χ4v) is 3.67. The third kappa shape index (κ3) is 2.62. The number of para-hydroxylation sites is 1. The number of hydrogen-bond donors (Lipinski definition) is 1. The van der Waals surface area contributed by atoms with Gasteiger partial charge in [-0.2, -0.15) is 0 Å². The first-order valence-electron chi connectivity index (χ1n) is 8.73. The van der Waals surface area contributed by atoms with E-state index in [9.17, 15) is 0 Å². The van der Waals surface area contributed by atoms with Gasteiger partial charge in [0.2, 0.25) is 5.75 Å². The van der Waals surface area contributed by atoms with Gasteiger partial charge in [0.15, 0.2) is 11.5 Å². The molecule has 0 saturated carbocycles. The predicted molar refractivity (Wildman–Crippen MR) is 102 cm³/mol. The monoisotopic (exact) mass is 353 g/mol. The van der Waals surface area contributed by atoms with E-state index in [4.69, 9.17) is 19.2 Å². The molecule has 6 nitrogen and oxygen atoms in total. The molecule has 136 valence electrons. The maximum atomic E-state index is 5.53. The van der Waals surface area contributed by atoms with Crippen molar-refractivity contribution in [2.24, 2.45) is 4.99 Å². The standard InChI is InChI=1S/C20H23N3O3/c1-24-16-11-13(12-17(25-2)18(16)26-3)19-22-15-8-5-4-7-14(15)20-21-9-6-10-23(19)20/h4-5,7-8,11-12,19,22H,6,9-10H2,1-3H3/t19-/m1/s1. The second kappa shape index (κ2) is 6.78. The second-order valence-electron chi connectivity index (χ2n) is 6.30. The lowest BCUT2D eigenvalue weighted by Gasteiger charge is -2.42. The number of methoxy groups -OCH3 is 3. The molecule has 2 aliphatic heterocycles. The molecule has 2 aliphatic rings. The Kier molecular flexibility index (Phi) is 4.32. The van der Waals surface area contributed by atoms with E-state index in [1.165, 1.54) is 0 Å². The van der Waals surface area contributed by atoms with E-state index in [-0.39, 0.29) is 6.17 Å². The third-order valence-electron chi connectivity index (χ3n) is 4.87. The van der Waals surface area contributed by atoms with Gasteiger partial charge in [-0.25, -0.2) is 0 Å². The molecule has 0 spiro atoms. The van der Waals surface area contributed by atoms with Crippen LogP contribution in [0, 0.1) is 0 Å². The van der Waals surface area contributed by atoms with Crippen molar-refractivity contribution in [3.05, 3.63) is 47.5 Å². The molecule has 2 aromatic carbocycles. The maximum Gasteiger partial charge on any atom is 0.203 e. The Bertz CT molecular complexity index is 825. The van der Waals surface area contributed by atoms with Crippen molar-refractivity contribution in [2.75, 3.05) is 39.7 Å². The summed E-state index contributed by atoms with van der Waals surface area (Å²) in [6.45, 7) is 1.81. The maximum absolute atomic E-state index is 5.53. The van der Waals surface area contributed by atoms with Crippen LogP contribution >= 0.6 is 0 Å². The Morgan fingerprint density at radius 3 is 2.46 bits per heavy atom. The number of nitrogens with zero attached hydrogens (tertiary/aromatic N) is 2. The largest absolute Gasteiger partial charge is 0.493 e. The Morgan fingerprint density at radius 2 is 1.77 bits per heavy atom. The van der Waals surface area contributed by atoms with Gasteiger partial charge < -0.3 is 24.4 Å². The Labute approximate surface area is 153 Å². The van der Waals surface area contributed by atoms with Crippen molar-refractivity contribution < 1.29 is 14.2 Å². The van der Waals surface area contributed by atoms with Crippen molar-refractivity contribution in [3.8, 4) is 17.2 Å². The van der Waals surface area contributed by atoms with Crippen molar-refractivity contribution in [1.29, 1.82) is 0 Å². The van der Waals surface area contributed by atoms with E-state index in [0.29, 0.717) is 17.2 Å². The number of fused-ring (bicyclic) bond motifs is 3. The molecule has 0 radical (unpaired) electrons. The van der Waals surface area contributed by atoms with Crippen LogP contribution in [0.25, 0.3) is 0 Å². The molecule has 2 aromatic rings. The summed E-state index contributed by atoms with van der Waals surface area (Å²) in [6.07, 6.45) is 0.992. The highest BCUT2D eigenvalue weighted by molar-refractivity contribution is 6.05. The fourth-order valence-electron chi connectivity index (χ4n) is 3.67. The molecule has 4 rings (SSSR count). The molecule has 0 aliphatic carbocycles. The summed E-state index contributed by atoms with van der Waals surface area (Å²) >= 11 is 0. The number of nitrogens with one attached hydrogen (secondary N) is 1. The zero-order valence-corrected chi connectivity index (χ0v) is 15.3. The number of amidine groups is 1. The van der Waals surface area contributed by atoms with Crippen molar-refractivity contribution >= 4 is 11.5 Å². The molecule has 0 bridgehead atoms. The SMILES string of the molecule is COc1cc([C@@H]2Nc3ccccc3C3=NCCCN32)cc(OC)c1OC. The molecule has 0 fully saturated rings.